The van der Waals surface area contributed by atoms with Gasteiger partial charge in [-0.05, 0) is 54.3 Å². The van der Waals surface area contributed by atoms with Crippen molar-refractivity contribution in [2.45, 2.75) is 37.0 Å². The average Bonchev–Trinajstić information content (AvgIpc) is 2.66. The predicted octanol–water partition coefficient (Wildman–Crippen LogP) is 4.44. The Morgan fingerprint density at radius 2 is 2.04 bits per heavy atom. The highest BCUT2D eigenvalue weighted by Gasteiger charge is 2.31. The lowest BCUT2D eigenvalue weighted by molar-refractivity contribution is 0.596. The minimum absolute atomic E-state index is 0.00948. The van der Waals surface area contributed by atoms with Crippen molar-refractivity contribution >= 4 is 15.5 Å². The number of anilines is 1. The molecule has 1 aliphatic rings. The summed E-state index contributed by atoms with van der Waals surface area (Å²) < 4.78 is 39.6. The molecule has 1 atom stereocenters. The van der Waals surface area contributed by atoms with E-state index in [0.29, 0.717) is 17.7 Å². The number of sulfone groups is 1. The summed E-state index contributed by atoms with van der Waals surface area (Å²) in [5.41, 5.74) is 8.84. The average molecular weight is 359 g/mol. The normalized spacial score (nSPS) is 20.9. The third kappa shape index (κ3) is 3.76. The zero-order valence-electron chi connectivity index (χ0n) is 14.2. The maximum absolute atomic E-state index is 13.9. The Morgan fingerprint density at radius 3 is 2.76 bits per heavy atom. The van der Waals surface area contributed by atoms with Crippen molar-refractivity contribution < 1.29 is 12.8 Å². The summed E-state index contributed by atoms with van der Waals surface area (Å²) in [6.45, 7) is 2.06. The van der Waals surface area contributed by atoms with Crippen molar-refractivity contribution in [3.05, 3.63) is 71.1 Å². The van der Waals surface area contributed by atoms with E-state index in [9.17, 15) is 12.8 Å². The molecule has 132 valence electrons. The SMILES string of the molecule is CCC/C=C1\C[C@H](c2cccc(N)c2)c2cc(F)ccc2S(=O)(=O)C1. The van der Waals surface area contributed by atoms with Gasteiger partial charge in [0, 0.05) is 11.6 Å². The summed E-state index contributed by atoms with van der Waals surface area (Å²) in [5, 5.41) is 0. The predicted molar refractivity (Wildman–Crippen MR) is 98.8 cm³/mol. The van der Waals surface area contributed by atoms with Crippen LogP contribution in [0.2, 0.25) is 0 Å². The summed E-state index contributed by atoms with van der Waals surface area (Å²) in [6.07, 6.45) is 4.35. The van der Waals surface area contributed by atoms with Gasteiger partial charge in [-0.2, -0.15) is 0 Å². The number of hydrogen-bond acceptors (Lipinski definition) is 3. The zero-order valence-corrected chi connectivity index (χ0v) is 15.0. The molecule has 0 bridgehead atoms. The fraction of sp³-hybridized carbons (Fsp3) is 0.300. The number of hydrogen-bond donors (Lipinski definition) is 1. The van der Waals surface area contributed by atoms with Crippen molar-refractivity contribution in [3.8, 4) is 0 Å². The van der Waals surface area contributed by atoms with Gasteiger partial charge in [0.1, 0.15) is 5.82 Å². The van der Waals surface area contributed by atoms with E-state index in [1.54, 1.807) is 6.07 Å². The van der Waals surface area contributed by atoms with Gasteiger partial charge in [-0.25, -0.2) is 12.8 Å². The van der Waals surface area contributed by atoms with Crippen LogP contribution < -0.4 is 5.73 Å². The number of nitrogen functional groups attached to an aromatic ring is 1. The van der Waals surface area contributed by atoms with Gasteiger partial charge in [0.15, 0.2) is 9.84 Å². The monoisotopic (exact) mass is 359 g/mol. The van der Waals surface area contributed by atoms with Crippen molar-refractivity contribution in [2.75, 3.05) is 11.5 Å². The van der Waals surface area contributed by atoms with Crippen molar-refractivity contribution in [3.63, 3.8) is 0 Å². The lowest BCUT2D eigenvalue weighted by atomic mass is 9.85. The highest BCUT2D eigenvalue weighted by atomic mass is 32.2. The standard InChI is InChI=1S/C20H22FNO2S/c1-2-3-5-14-10-18(15-6-4-7-17(22)11-15)19-12-16(21)8-9-20(19)25(23,24)13-14/h4-9,11-12,18H,2-3,10,13,22H2,1H3/b14-5+/t18-/m1/s1. The number of allylic oxidation sites excluding steroid dienone is 1. The molecular weight excluding hydrogens is 337 g/mol. The maximum atomic E-state index is 13.9. The Kier molecular flexibility index (Phi) is 4.95. The molecule has 0 saturated heterocycles. The highest BCUT2D eigenvalue weighted by Crippen LogP contribution is 2.40. The summed E-state index contributed by atoms with van der Waals surface area (Å²) in [4.78, 5) is 0.223. The maximum Gasteiger partial charge on any atom is 0.182 e. The molecule has 1 aliphatic heterocycles. The van der Waals surface area contributed by atoms with E-state index >= 15 is 0 Å². The second-order valence-corrected chi connectivity index (χ2v) is 8.48. The third-order valence-electron chi connectivity index (χ3n) is 4.56. The number of fused-ring (bicyclic) bond motifs is 1. The van der Waals surface area contributed by atoms with Gasteiger partial charge in [-0.1, -0.05) is 37.1 Å². The molecule has 3 nitrogen and oxygen atoms in total. The van der Waals surface area contributed by atoms with Gasteiger partial charge >= 0.3 is 0 Å². The largest absolute Gasteiger partial charge is 0.399 e. The number of nitrogens with two attached hydrogens (primary N) is 1. The number of benzene rings is 2. The van der Waals surface area contributed by atoms with E-state index < -0.39 is 15.7 Å². The summed E-state index contributed by atoms with van der Waals surface area (Å²) in [6, 6.07) is 11.4. The molecular formula is C20H22FNO2S. The molecule has 2 aromatic carbocycles. The van der Waals surface area contributed by atoms with E-state index in [-0.39, 0.29) is 16.6 Å². The molecule has 0 spiro atoms. The molecule has 0 aliphatic carbocycles. The van der Waals surface area contributed by atoms with Crippen LogP contribution in [0.4, 0.5) is 10.1 Å². The zero-order chi connectivity index (χ0) is 18.0. The van der Waals surface area contributed by atoms with Gasteiger partial charge in [0.2, 0.25) is 0 Å². The van der Waals surface area contributed by atoms with E-state index in [0.717, 1.165) is 24.0 Å². The van der Waals surface area contributed by atoms with Gasteiger partial charge in [0.05, 0.1) is 10.6 Å². The number of rotatable bonds is 3. The Balaban J connectivity index is 2.21. The van der Waals surface area contributed by atoms with E-state index in [2.05, 4.69) is 6.92 Å². The smallest absolute Gasteiger partial charge is 0.182 e. The number of unbranched alkanes of at least 4 members (excludes halogenated alkanes) is 1. The quantitative estimate of drug-likeness (QED) is 0.500. The summed E-state index contributed by atoms with van der Waals surface area (Å²) in [5.74, 6) is -0.664. The molecule has 1 heterocycles. The van der Waals surface area contributed by atoms with Crippen LogP contribution in [0.5, 0.6) is 0 Å². The van der Waals surface area contributed by atoms with E-state index in [1.165, 1.54) is 18.2 Å². The van der Waals surface area contributed by atoms with Gasteiger partial charge in [-0.15, -0.1) is 0 Å². The van der Waals surface area contributed by atoms with Crippen LogP contribution in [0, 0.1) is 5.82 Å². The first kappa shape index (κ1) is 17.7. The fourth-order valence-electron chi connectivity index (χ4n) is 3.39. The molecule has 2 aromatic rings. The molecule has 3 rings (SSSR count). The topological polar surface area (TPSA) is 60.2 Å². The first-order valence-electron chi connectivity index (χ1n) is 8.46. The molecule has 0 aromatic heterocycles. The summed E-state index contributed by atoms with van der Waals surface area (Å²) >= 11 is 0. The number of halogens is 1. The van der Waals surface area contributed by atoms with Gasteiger partial charge in [0.25, 0.3) is 0 Å². The van der Waals surface area contributed by atoms with Crippen LogP contribution in [0.25, 0.3) is 0 Å². The van der Waals surface area contributed by atoms with Crippen LogP contribution in [0.3, 0.4) is 0 Å². The van der Waals surface area contributed by atoms with Gasteiger partial charge in [-0.3, -0.25) is 0 Å². The van der Waals surface area contributed by atoms with Gasteiger partial charge < -0.3 is 5.73 Å². The van der Waals surface area contributed by atoms with E-state index in [4.69, 9.17) is 5.73 Å². The van der Waals surface area contributed by atoms with Crippen LogP contribution in [-0.4, -0.2) is 14.2 Å². The Morgan fingerprint density at radius 1 is 1.24 bits per heavy atom. The van der Waals surface area contributed by atoms with Crippen LogP contribution >= 0.6 is 0 Å². The minimum Gasteiger partial charge on any atom is -0.399 e. The molecule has 0 unspecified atom stereocenters. The lowest BCUT2D eigenvalue weighted by Crippen LogP contribution is -2.08. The second kappa shape index (κ2) is 7.00. The van der Waals surface area contributed by atoms with E-state index in [1.807, 2.05) is 24.3 Å². The lowest BCUT2D eigenvalue weighted by Gasteiger charge is -2.19. The second-order valence-electron chi connectivity index (χ2n) is 6.52. The van der Waals surface area contributed by atoms with Crippen molar-refractivity contribution in [2.24, 2.45) is 0 Å². The molecule has 0 fully saturated rings. The third-order valence-corrected chi connectivity index (χ3v) is 6.35. The first-order valence-corrected chi connectivity index (χ1v) is 10.1. The Bertz CT molecular complexity index is 919. The minimum atomic E-state index is -3.49. The summed E-state index contributed by atoms with van der Waals surface area (Å²) in [7, 11) is -3.49. The van der Waals surface area contributed by atoms with Crippen LogP contribution in [-0.2, 0) is 9.84 Å². The Hall–Kier alpha value is -2.14. The Labute approximate surface area is 148 Å². The van der Waals surface area contributed by atoms with Crippen molar-refractivity contribution in [1.82, 2.24) is 0 Å². The molecule has 0 saturated carbocycles. The fourth-order valence-corrected chi connectivity index (χ4v) is 5.11. The molecule has 0 amide bonds. The van der Waals surface area contributed by atoms with Crippen LogP contribution in [0.1, 0.15) is 43.2 Å². The molecule has 0 radical (unpaired) electrons. The first-order chi connectivity index (χ1) is 11.9. The highest BCUT2D eigenvalue weighted by molar-refractivity contribution is 7.91. The van der Waals surface area contributed by atoms with Crippen LogP contribution in [0.15, 0.2) is 59.0 Å². The molecule has 2 N–H and O–H groups in total. The van der Waals surface area contributed by atoms with Crippen molar-refractivity contribution in [1.29, 1.82) is 0 Å². The molecule has 5 heteroatoms. The molecule has 25 heavy (non-hydrogen) atoms.